The van der Waals surface area contributed by atoms with Gasteiger partial charge in [0.05, 0.1) is 11.7 Å². The first kappa shape index (κ1) is 16.2. The van der Waals surface area contributed by atoms with Crippen LogP contribution in [0.2, 0.25) is 0 Å². The van der Waals surface area contributed by atoms with Gasteiger partial charge in [0.1, 0.15) is 0 Å². The highest BCUT2D eigenvalue weighted by molar-refractivity contribution is 5.76. The first-order chi connectivity index (χ1) is 10.5. The van der Waals surface area contributed by atoms with E-state index in [2.05, 4.69) is 15.4 Å². The summed E-state index contributed by atoms with van der Waals surface area (Å²) >= 11 is 0. The lowest BCUT2D eigenvalue weighted by Gasteiger charge is -2.14. The van der Waals surface area contributed by atoms with Crippen molar-refractivity contribution in [1.82, 2.24) is 20.1 Å². The Bertz CT molecular complexity index is 631. The summed E-state index contributed by atoms with van der Waals surface area (Å²) in [5.41, 5.74) is 4.16. The topological polar surface area (TPSA) is 59.8 Å². The highest BCUT2D eigenvalue weighted by atomic mass is 16.1. The molecule has 0 aliphatic heterocycles. The van der Waals surface area contributed by atoms with Crippen molar-refractivity contribution in [3.63, 3.8) is 0 Å². The molecule has 0 radical (unpaired) electrons. The summed E-state index contributed by atoms with van der Waals surface area (Å²) in [6.45, 7) is 8.71. The minimum absolute atomic E-state index is 0.0192. The Morgan fingerprint density at radius 2 is 2.05 bits per heavy atom. The molecule has 118 valence electrons. The smallest absolute Gasteiger partial charge is 0.220 e. The van der Waals surface area contributed by atoms with Crippen LogP contribution in [0.15, 0.2) is 24.4 Å². The third-order valence-electron chi connectivity index (χ3n) is 3.69. The molecule has 0 fully saturated rings. The number of pyridine rings is 1. The largest absolute Gasteiger partial charge is 0.350 e. The van der Waals surface area contributed by atoms with Crippen LogP contribution in [0.1, 0.15) is 48.5 Å². The van der Waals surface area contributed by atoms with E-state index in [1.165, 1.54) is 0 Å². The quantitative estimate of drug-likeness (QED) is 0.892. The van der Waals surface area contributed by atoms with Crippen molar-refractivity contribution in [2.24, 2.45) is 0 Å². The van der Waals surface area contributed by atoms with Gasteiger partial charge in [0.2, 0.25) is 5.91 Å². The van der Waals surface area contributed by atoms with Gasteiger partial charge in [0, 0.05) is 30.6 Å². The minimum atomic E-state index is -0.0192. The van der Waals surface area contributed by atoms with Gasteiger partial charge in [-0.2, -0.15) is 5.10 Å². The van der Waals surface area contributed by atoms with E-state index in [1.807, 2.05) is 56.8 Å². The molecule has 0 spiro atoms. The number of aromatic nitrogens is 3. The van der Waals surface area contributed by atoms with E-state index >= 15 is 0 Å². The highest BCUT2D eigenvalue weighted by Crippen LogP contribution is 2.11. The maximum atomic E-state index is 12.0. The first-order valence-electron chi connectivity index (χ1n) is 7.68. The number of hydrogen-bond acceptors (Lipinski definition) is 3. The Balaban J connectivity index is 1.78. The number of nitrogens with zero attached hydrogens (tertiary/aromatic N) is 3. The summed E-state index contributed by atoms with van der Waals surface area (Å²) < 4.78 is 1.95. The van der Waals surface area contributed by atoms with Gasteiger partial charge in [-0.3, -0.25) is 14.5 Å². The fourth-order valence-corrected chi connectivity index (χ4v) is 2.42. The van der Waals surface area contributed by atoms with Crippen LogP contribution in [0.4, 0.5) is 0 Å². The SMILES string of the molecule is Cc1ccc([C@@H](C)NC(=O)CCCn2nc(C)cc2C)cn1. The normalized spacial score (nSPS) is 12.2. The van der Waals surface area contributed by atoms with Gasteiger partial charge in [0.25, 0.3) is 0 Å². The molecule has 0 saturated carbocycles. The lowest BCUT2D eigenvalue weighted by Crippen LogP contribution is -2.26. The summed E-state index contributed by atoms with van der Waals surface area (Å²) in [5, 5.41) is 7.41. The van der Waals surface area contributed by atoms with Crippen LogP contribution in [-0.2, 0) is 11.3 Å². The van der Waals surface area contributed by atoms with Crippen LogP contribution in [0, 0.1) is 20.8 Å². The fourth-order valence-electron chi connectivity index (χ4n) is 2.42. The van der Waals surface area contributed by atoms with Crippen LogP contribution >= 0.6 is 0 Å². The van der Waals surface area contributed by atoms with Crippen molar-refractivity contribution >= 4 is 5.91 Å². The molecule has 1 N–H and O–H groups in total. The van der Waals surface area contributed by atoms with Crippen molar-refractivity contribution < 1.29 is 4.79 Å². The number of hydrogen-bond donors (Lipinski definition) is 1. The average Bonchev–Trinajstić information content (AvgIpc) is 2.77. The average molecular weight is 300 g/mol. The second-order valence-corrected chi connectivity index (χ2v) is 5.78. The maximum absolute atomic E-state index is 12.0. The van der Waals surface area contributed by atoms with E-state index in [1.54, 1.807) is 0 Å². The Labute approximate surface area is 131 Å². The molecule has 5 heteroatoms. The van der Waals surface area contributed by atoms with E-state index in [4.69, 9.17) is 0 Å². The molecule has 1 amide bonds. The maximum Gasteiger partial charge on any atom is 0.220 e. The van der Waals surface area contributed by atoms with Gasteiger partial charge in [-0.1, -0.05) is 6.07 Å². The Morgan fingerprint density at radius 3 is 2.64 bits per heavy atom. The van der Waals surface area contributed by atoms with Crippen LogP contribution in [0.3, 0.4) is 0 Å². The summed E-state index contributed by atoms with van der Waals surface area (Å²) in [5.74, 6) is 0.0645. The molecule has 0 bridgehead atoms. The first-order valence-corrected chi connectivity index (χ1v) is 7.68. The molecule has 22 heavy (non-hydrogen) atoms. The molecule has 2 heterocycles. The lowest BCUT2D eigenvalue weighted by atomic mass is 10.1. The second-order valence-electron chi connectivity index (χ2n) is 5.78. The lowest BCUT2D eigenvalue weighted by molar-refractivity contribution is -0.121. The second kappa shape index (κ2) is 7.20. The monoisotopic (exact) mass is 300 g/mol. The van der Waals surface area contributed by atoms with Crippen molar-refractivity contribution in [3.05, 3.63) is 47.0 Å². The molecular formula is C17H24N4O. The molecule has 5 nitrogen and oxygen atoms in total. The van der Waals surface area contributed by atoms with Crippen LogP contribution in [0.5, 0.6) is 0 Å². The molecule has 1 atom stereocenters. The molecule has 0 aromatic carbocycles. The van der Waals surface area contributed by atoms with E-state index in [9.17, 15) is 4.79 Å². The molecule has 2 aromatic rings. The molecule has 0 aliphatic rings. The van der Waals surface area contributed by atoms with E-state index in [0.717, 1.165) is 35.6 Å². The van der Waals surface area contributed by atoms with Crippen molar-refractivity contribution in [1.29, 1.82) is 0 Å². The molecule has 0 saturated heterocycles. The molecule has 0 aliphatic carbocycles. The highest BCUT2D eigenvalue weighted by Gasteiger charge is 2.10. The van der Waals surface area contributed by atoms with Gasteiger partial charge in [-0.25, -0.2) is 0 Å². The number of rotatable bonds is 6. The standard InChI is InChI=1S/C17H24N4O/c1-12-7-8-16(11-18-12)15(4)19-17(22)6-5-9-21-14(3)10-13(2)20-21/h7-8,10-11,15H,5-6,9H2,1-4H3,(H,19,22)/t15-/m1/s1. The van der Waals surface area contributed by atoms with Gasteiger partial charge in [-0.15, -0.1) is 0 Å². The Kier molecular flexibility index (Phi) is 5.31. The number of aryl methyl sites for hydroxylation is 4. The van der Waals surface area contributed by atoms with Gasteiger partial charge < -0.3 is 5.32 Å². The number of amides is 1. The Hall–Kier alpha value is -2.17. The third-order valence-corrected chi connectivity index (χ3v) is 3.69. The molecule has 2 rings (SSSR count). The zero-order valence-corrected chi connectivity index (χ0v) is 13.8. The zero-order chi connectivity index (χ0) is 16.1. The van der Waals surface area contributed by atoms with Crippen molar-refractivity contribution in [3.8, 4) is 0 Å². The van der Waals surface area contributed by atoms with Crippen LogP contribution in [-0.4, -0.2) is 20.7 Å². The van der Waals surface area contributed by atoms with Crippen LogP contribution < -0.4 is 5.32 Å². The summed E-state index contributed by atoms with van der Waals surface area (Å²) in [4.78, 5) is 16.3. The molecule has 0 unspecified atom stereocenters. The minimum Gasteiger partial charge on any atom is -0.350 e. The molecular weight excluding hydrogens is 276 g/mol. The summed E-state index contributed by atoms with van der Waals surface area (Å²) in [6.07, 6.45) is 3.10. The van der Waals surface area contributed by atoms with Crippen molar-refractivity contribution in [2.75, 3.05) is 0 Å². The predicted octanol–water partition coefficient (Wildman–Crippen LogP) is 2.86. The molecule has 2 aromatic heterocycles. The van der Waals surface area contributed by atoms with Gasteiger partial charge in [-0.05, 0) is 51.8 Å². The third kappa shape index (κ3) is 4.41. The fraction of sp³-hybridized carbons (Fsp3) is 0.471. The number of nitrogens with one attached hydrogen (secondary N) is 1. The number of carbonyl (C=O) groups excluding carboxylic acids is 1. The van der Waals surface area contributed by atoms with E-state index in [-0.39, 0.29) is 11.9 Å². The summed E-state index contributed by atoms with van der Waals surface area (Å²) in [6, 6.07) is 5.99. The van der Waals surface area contributed by atoms with Gasteiger partial charge in [0.15, 0.2) is 0 Å². The predicted molar refractivity (Wildman–Crippen MR) is 86.5 cm³/mol. The van der Waals surface area contributed by atoms with E-state index < -0.39 is 0 Å². The number of carbonyl (C=O) groups is 1. The van der Waals surface area contributed by atoms with Crippen molar-refractivity contribution in [2.45, 2.75) is 53.1 Å². The summed E-state index contributed by atoms with van der Waals surface area (Å²) in [7, 11) is 0. The van der Waals surface area contributed by atoms with E-state index in [0.29, 0.717) is 6.42 Å². The Morgan fingerprint density at radius 1 is 1.27 bits per heavy atom. The zero-order valence-electron chi connectivity index (χ0n) is 13.8. The van der Waals surface area contributed by atoms with Crippen LogP contribution in [0.25, 0.3) is 0 Å². The van der Waals surface area contributed by atoms with Gasteiger partial charge >= 0.3 is 0 Å².